The molecule has 0 unspecified atom stereocenters. The molecule has 0 spiro atoms. The van der Waals surface area contributed by atoms with E-state index in [1.807, 2.05) is 20.8 Å². The molecule has 1 amide bonds. The van der Waals surface area contributed by atoms with E-state index in [2.05, 4.69) is 27.3 Å². The van der Waals surface area contributed by atoms with Crippen molar-refractivity contribution in [3.63, 3.8) is 0 Å². The van der Waals surface area contributed by atoms with Gasteiger partial charge in [0.05, 0.1) is 23.0 Å². The van der Waals surface area contributed by atoms with Crippen LogP contribution in [0.15, 0.2) is 89.2 Å². The fourth-order valence-corrected chi connectivity index (χ4v) is 5.00. The van der Waals surface area contributed by atoms with Crippen molar-refractivity contribution in [3.8, 4) is 16.9 Å². The average Bonchev–Trinajstić information content (AvgIpc) is 3.01. The molecule has 0 bridgehead atoms. The molecule has 240 valence electrons. The van der Waals surface area contributed by atoms with Gasteiger partial charge in [0.15, 0.2) is 5.82 Å². The minimum atomic E-state index is -0.694. The van der Waals surface area contributed by atoms with E-state index < -0.39 is 28.8 Å². The zero-order chi connectivity index (χ0) is 34.0. The molecule has 2 N–H and O–H groups in total. The third-order valence-electron chi connectivity index (χ3n) is 7.43. The molecule has 3 aromatic carbocycles. The third kappa shape index (κ3) is 6.86. The number of amides is 1. The van der Waals surface area contributed by atoms with E-state index in [4.69, 9.17) is 4.74 Å². The summed E-state index contributed by atoms with van der Waals surface area (Å²) < 4.78 is 23.2. The number of ether oxygens (including phenoxy) is 1. The highest BCUT2D eigenvalue weighted by Crippen LogP contribution is 2.30. The number of nitrogens with zero attached hydrogens (tertiary/aromatic N) is 4. The molecule has 11 nitrogen and oxygen atoms in total. The van der Waals surface area contributed by atoms with Gasteiger partial charge in [-0.1, -0.05) is 45.5 Å². The van der Waals surface area contributed by atoms with Crippen molar-refractivity contribution in [3.05, 3.63) is 117 Å². The van der Waals surface area contributed by atoms with Crippen molar-refractivity contribution in [2.45, 2.75) is 39.7 Å². The maximum atomic E-state index is 15.5. The maximum Gasteiger partial charge on any atom is 0.302 e. The zero-order valence-corrected chi connectivity index (χ0v) is 26.6. The van der Waals surface area contributed by atoms with Gasteiger partial charge in [0.1, 0.15) is 12.4 Å². The normalized spacial score (nSPS) is 11.3. The molecule has 0 saturated heterocycles. The van der Waals surface area contributed by atoms with Crippen LogP contribution < -0.4 is 21.8 Å². The fourth-order valence-electron chi connectivity index (χ4n) is 5.00. The Hall–Kier alpha value is -5.91. The summed E-state index contributed by atoms with van der Waals surface area (Å²) in [6.07, 6.45) is 4.08. The van der Waals surface area contributed by atoms with Crippen molar-refractivity contribution >= 4 is 39.8 Å². The molecule has 47 heavy (non-hydrogen) atoms. The van der Waals surface area contributed by atoms with Crippen LogP contribution in [0.25, 0.3) is 27.7 Å². The topological polar surface area (TPSA) is 137 Å². The molecule has 0 aliphatic heterocycles. The van der Waals surface area contributed by atoms with Gasteiger partial charge < -0.3 is 19.9 Å². The molecule has 0 radical (unpaired) electrons. The first kappa shape index (κ1) is 32.5. The van der Waals surface area contributed by atoms with Gasteiger partial charge in [-0.3, -0.25) is 19.2 Å². The van der Waals surface area contributed by atoms with Crippen LogP contribution in [0.1, 0.15) is 38.8 Å². The van der Waals surface area contributed by atoms with Crippen molar-refractivity contribution in [2.75, 3.05) is 10.6 Å². The number of esters is 1. The number of nitrogens with one attached hydrogen (secondary N) is 2. The predicted molar refractivity (Wildman–Crippen MR) is 178 cm³/mol. The molecule has 5 aromatic rings. The number of carbonyl (C=O) groups is 2. The van der Waals surface area contributed by atoms with E-state index in [-0.39, 0.29) is 28.9 Å². The smallest absolute Gasteiger partial charge is 0.302 e. The molecule has 0 fully saturated rings. The van der Waals surface area contributed by atoms with Crippen molar-refractivity contribution in [2.24, 2.45) is 7.05 Å². The van der Waals surface area contributed by atoms with E-state index in [0.29, 0.717) is 33.6 Å². The summed E-state index contributed by atoms with van der Waals surface area (Å²) in [4.78, 5) is 55.2. The quantitative estimate of drug-likeness (QED) is 0.168. The van der Waals surface area contributed by atoms with E-state index in [1.54, 1.807) is 55.6 Å². The first-order chi connectivity index (χ1) is 22.3. The molecule has 12 heteroatoms. The van der Waals surface area contributed by atoms with Gasteiger partial charge in [0.2, 0.25) is 5.91 Å². The van der Waals surface area contributed by atoms with Gasteiger partial charge in [-0.05, 0) is 53.5 Å². The number of rotatable bonds is 8. The second-order valence-electron chi connectivity index (χ2n) is 11.9. The van der Waals surface area contributed by atoms with Crippen LogP contribution in [0.4, 0.5) is 21.6 Å². The van der Waals surface area contributed by atoms with Gasteiger partial charge in [-0.2, -0.15) is 9.78 Å². The second-order valence-corrected chi connectivity index (χ2v) is 11.9. The summed E-state index contributed by atoms with van der Waals surface area (Å²) in [7, 11) is 1.55. The standard InChI is InChI=1S/C35H33FN6O5/c1-7-30(44)38-23-10-8-11-24(16-23)39-32-34(46)41(6)18-28(40-32)25-12-9-13-29(26(25)19-47-20(2)43)42-33(45)31-21(17-37-42)14-22(15-27(31)36)35(3,4)5/h7-18H,1,19H2,2-6H3,(H,38,44)(H,39,40). The monoisotopic (exact) mass is 636 g/mol. The lowest BCUT2D eigenvalue weighted by atomic mass is 9.86. The molecule has 0 atom stereocenters. The number of carbonyl (C=O) groups excluding carboxylic acids is 2. The summed E-state index contributed by atoms with van der Waals surface area (Å²) in [6, 6.07) is 14.8. The number of anilines is 3. The van der Waals surface area contributed by atoms with Crippen molar-refractivity contribution in [1.29, 1.82) is 0 Å². The van der Waals surface area contributed by atoms with Crippen LogP contribution in [-0.2, 0) is 33.4 Å². The third-order valence-corrected chi connectivity index (χ3v) is 7.43. The van der Waals surface area contributed by atoms with Crippen LogP contribution in [0.2, 0.25) is 0 Å². The summed E-state index contributed by atoms with van der Waals surface area (Å²) in [6.45, 7) is 10.3. The van der Waals surface area contributed by atoms with Gasteiger partial charge in [0, 0.05) is 48.1 Å². The van der Waals surface area contributed by atoms with E-state index in [0.717, 1.165) is 16.3 Å². The van der Waals surface area contributed by atoms with Crippen LogP contribution >= 0.6 is 0 Å². The van der Waals surface area contributed by atoms with Gasteiger partial charge in [-0.15, -0.1) is 0 Å². The number of hydrogen-bond acceptors (Lipinski definition) is 8. The Morgan fingerprint density at radius 1 is 1.04 bits per heavy atom. The highest BCUT2D eigenvalue weighted by molar-refractivity contribution is 5.99. The lowest BCUT2D eigenvalue weighted by Gasteiger charge is -2.20. The van der Waals surface area contributed by atoms with Crippen LogP contribution in [0, 0.1) is 5.82 Å². The lowest BCUT2D eigenvalue weighted by Crippen LogP contribution is -2.24. The molecule has 0 aliphatic carbocycles. The molecule has 5 rings (SSSR count). The summed E-state index contributed by atoms with van der Waals surface area (Å²) in [5.74, 6) is -1.66. The van der Waals surface area contributed by atoms with E-state index in [9.17, 15) is 19.2 Å². The Kier molecular flexibility index (Phi) is 8.87. The summed E-state index contributed by atoms with van der Waals surface area (Å²) in [5, 5.41) is 10.3. The zero-order valence-electron chi connectivity index (χ0n) is 26.6. The second kappa shape index (κ2) is 12.8. The Morgan fingerprint density at radius 2 is 1.77 bits per heavy atom. The molecular formula is C35H33FN6O5. The summed E-state index contributed by atoms with van der Waals surface area (Å²) >= 11 is 0. The Morgan fingerprint density at radius 3 is 2.47 bits per heavy atom. The minimum absolute atomic E-state index is 0.0289. The Balaban J connectivity index is 1.65. The number of benzene rings is 3. The SMILES string of the molecule is C=CC(=O)Nc1cccc(Nc2nc(-c3cccc(-n4ncc5cc(C(C)(C)C)cc(F)c5c4=O)c3COC(C)=O)cn(C)c2=O)c1. The van der Waals surface area contributed by atoms with E-state index >= 15 is 4.39 Å². The van der Waals surface area contributed by atoms with Gasteiger partial charge in [-0.25, -0.2) is 9.37 Å². The van der Waals surface area contributed by atoms with E-state index in [1.165, 1.54) is 30.0 Å². The molecule has 0 saturated carbocycles. The largest absolute Gasteiger partial charge is 0.461 e. The highest BCUT2D eigenvalue weighted by Gasteiger charge is 2.22. The lowest BCUT2D eigenvalue weighted by molar-refractivity contribution is -0.142. The highest BCUT2D eigenvalue weighted by atomic mass is 19.1. The van der Waals surface area contributed by atoms with Crippen molar-refractivity contribution in [1.82, 2.24) is 19.3 Å². The number of aryl methyl sites for hydroxylation is 1. The fraction of sp³-hybridized carbons (Fsp3) is 0.200. The molecule has 0 aliphatic rings. The van der Waals surface area contributed by atoms with Crippen LogP contribution in [0.3, 0.4) is 0 Å². The Labute approximate surface area is 269 Å². The molecular weight excluding hydrogens is 603 g/mol. The summed E-state index contributed by atoms with van der Waals surface area (Å²) in [5.41, 5.74) is 1.53. The maximum absolute atomic E-state index is 15.5. The Bertz CT molecular complexity index is 2180. The molecule has 2 heterocycles. The molecule has 2 aromatic heterocycles. The van der Waals surface area contributed by atoms with Gasteiger partial charge >= 0.3 is 5.97 Å². The number of fused-ring (bicyclic) bond motifs is 1. The number of hydrogen-bond donors (Lipinski definition) is 2. The van der Waals surface area contributed by atoms with Crippen molar-refractivity contribution < 1.29 is 18.7 Å². The first-order valence-corrected chi connectivity index (χ1v) is 14.6. The first-order valence-electron chi connectivity index (χ1n) is 14.6. The average molecular weight is 637 g/mol. The van der Waals surface area contributed by atoms with Crippen LogP contribution in [-0.4, -0.2) is 31.2 Å². The minimum Gasteiger partial charge on any atom is -0.461 e. The number of aromatic nitrogens is 4. The predicted octanol–water partition coefficient (Wildman–Crippen LogP) is 5.51. The van der Waals surface area contributed by atoms with Gasteiger partial charge in [0.25, 0.3) is 11.1 Å². The van der Waals surface area contributed by atoms with Crippen LogP contribution in [0.5, 0.6) is 0 Å². The number of halogens is 1.